The van der Waals surface area contributed by atoms with Crippen LogP contribution in [-0.2, 0) is 4.74 Å². The summed E-state index contributed by atoms with van der Waals surface area (Å²) >= 11 is 2.09. The molecular formula is C13H26N2OS. The number of nitrogens with two attached hydrogens (primary N) is 1. The van der Waals surface area contributed by atoms with Crippen LogP contribution in [-0.4, -0.2) is 53.8 Å². The first-order valence-corrected chi connectivity index (χ1v) is 7.95. The van der Waals surface area contributed by atoms with Crippen LogP contribution in [0.5, 0.6) is 0 Å². The van der Waals surface area contributed by atoms with Gasteiger partial charge in [-0.25, -0.2) is 0 Å². The van der Waals surface area contributed by atoms with Gasteiger partial charge in [0.25, 0.3) is 0 Å². The van der Waals surface area contributed by atoms with Crippen molar-refractivity contribution < 1.29 is 4.74 Å². The second-order valence-corrected chi connectivity index (χ2v) is 6.70. The first kappa shape index (κ1) is 13.7. The molecule has 2 N–H and O–H groups in total. The Morgan fingerprint density at radius 2 is 2.35 bits per heavy atom. The van der Waals surface area contributed by atoms with Gasteiger partial charge >= 0.3 is 0 Å². The SMILES string of the molecule is CCC1COCCN1C1(CN)CCCSC1C. The van der Waals surface area contributed by atoms with Crippen molar-refractivity contribution in [2.24, 2.45) is 5.73 Å². The second-order valence-electron chi connectivity index (χ2n) is 5.25. The molecule has 2 fully saturated rings. The van der Waals surface area contributed by atoms with E-state index in [0.717, 1.165) is 26.3 Å². The maximum absolute atomic E-state index is 6.18. The van der Waals surface area contributed by atoms with Crippen LogP contribution in [0.15, 0.2) is 0 Å². The Morgan fingerprint density at radius 1 is 1.53 bits per heavy atom. The summed E-state index contributed by atoms with van der Waals surface area (Å²) in [4.78, 5) is 2.67. The fourth-order valence-corrected chi connectivity index (χ4v) is 4.66. The van der Waals surface area contributed by atoms with E-state index in [-0.39, 0.29) is 5.54 Å². The minimum Gasteiger partial charge on any atom is -0.378 e. The van der Waals surface area contributed by atoms with Crippen molar-refractivity contribution in [3.05, 3.63) is 0 Å². The topological polar surface area (TPSA) is 38.5 Å². The molecule has 3 unspecified atom stereocenters. The minimum atomic E-state index is 0.216. The van der Waals surface area contributed by atoms with Crippen molar-refractivity contribution in [3.8, 4) is 0 Å². The molecule has 0 spiro atoms. The van der Waals surface area contributed by atoms with Crippen LogP contribution in [0.4, 0.5) is 0 Å². The molecule has 2 aliphatic rings. The molecule has 0 radical (unpaired) electrons. The number of nitrogens with zero attached hydrogens (tertiary/aromatic N) is 1. The average molecular weight is 258 g/mol. The van der Waals surface area contributed by atoms with E-state index in [9.17, 15) is 0 Å². The minimum absolute atomic E-state index is 0.216. The van der Waals surface area contributed by atoms with Crippen LogP contribution in [0.2, 0.25) is 0 Å². The van der Waals surface area contributed by atoms with Crippen LogP contribution >= 0.6 is 11.8 Å². The molecule has 0 bridgehead atoms. The van der Waals surface area contributed by atoms with E-state index in [1.54, 1.807) is 0 Å². The summed E-state index contributed by atoms with van der Waals surface area (Å²) in [6.07, 6.45) is 3.73. The predicted octanol–water partition coefficient (Wildman–Crippen LogP) is 1.71. The Bertz CT molecular complexity index is 252. The summed E-state index contributed by atoms with van der Waals surface area (Å²) in [7, 11) is 0. The highest BCUT2D eigenvalue weighted by atomic mass is 32.2. The zero-order valence-corrected chi connectivity index (χ0v) is 12.0. The first-order valence-electron chi connectivity index (χ1n) is 6.90. The van der Waals surface area contributed by atoms with Crippen molar-refractivity contribution in [2.75, 3.05) is 32.1 Å². The molecule has 2 rings (SSSR count). The van der Waals surface area contributed by atoms with E-state index in [1.165, 1.54) is 25.0 Å². The highest BCUT2D eigenvalue weighted by Crippen LogP contribution is 2.39. The molecule has 2 heterocycles. The summed E-state index contributed by atoms with van der Waals surface area (Å²) in [5.41, 5.74) is 6.40. The monoisotopic (exact) mass is 258 g/mol. The Morgan fingerprint density at radius 3 is 3.00 bits per heavy atom. The molecule has 0 saturated carbocycles. The number of thioether (sulfide) groups is 1. The molecule has 4 heteroatoms. The van der Waals surface area contributed by atoms with Crippen LogP contribution in [0, 0.1) is 0 Å². The van der Waals surface area contributed by atoms with Gasteiger partial charge in [-0.1, -0.05) is 13.8 Å². The number of hydrogen-bond donors (Lipinski definition) is 1. The van der Waals surface area contributed by atoms with Gasteiger partial charge in [-0.2, -0.15) is 11.8 Å². The van der Waals surface area contributed by atoms with Gasteiger partial charge < -0.3 is 10.5 Å². The molecule has 100 valence electrons. The molecule has 0 aromatic heterocycles. The quantitative estimate of drug-likeness (QED) is 0.836. The van der Waals surface area contributed by atoms with Gasteiger partial charge in [-0.15, -0.1) is 0 Å². The molecule has 0 aromatic carbocycles. The lowest BCUT2D eigenvalue weighted by molar-refractivity contribution is -0.0673. The third-order valence-corrected chi connectivity index (χ3v) is 5.97. The lowest BCUT2D eigenvalue weighted by atomic mass is 9.85. The molecule has 17 heavy (non-hydrogen) atoms. The Labute approximate surface area is 109 Å². The maximum atomic E-state index is 6.18. The van der Waals surface area contributed by atoms with E-state index < -0.39 is 0 Å². The van der Waals surface area contributed by atoms with E-state index in [0.29, 0.717) is 11.3 Å². The van der Waals surface area contributed by atoms with Gasteiger partial charge in [-0.05, 0) is 25.0 Å². The molecule has 2 aliphatic heterocycles. The zero-order valence-electron chi connectivity index (χ0n) is 11.2. The van der Waals surface area contributed by atoms with Crippen LogP contribution < -0.4 is 5.73 Å². The summed E-state index contributed by atoms with van der Waals surface area (Å²) in [6.45, 7) is 8.22. The van der Waals surface area contributed by atoms with Crippen LogP contribution in [0.25, 0.3) is 0 Å². The van der Waals surface area contributed by atoms with Gasteiger partial charge in [-0.3, -0.25) is 4.90 Å². The van der Waals surface area contributed by atoms with E-state index in [4.69, 9.17) is 10.5 Å². The number of rotatable bonds is 3. The Hall–Kier alpha value is 0.230. The number of morpholine rings is 1. The molecule has 0 aliphatic carbocycles. The fraction of sp³-hybridized carbons (Fsp3) is 1.00. The van der Waals surface area contributed by atoms with Crippen LogP contribution in [0.3, 0.4) is 0 Å². The smallest absolute Gasteiger partial charge is 0.0622 e. The molecule has 0 amide bonds. The number of hydrogen-bond acceptors (Lipinski definition) is 4. The summed E-state index contributed by atoms with van der Waals surface area (Å²) in [5, 5.41) is 0.647. The van der Waals surface area contributed by atoms with E-state index in [2.05, 4.69) is 30.5 Å². The predicted molar refractivity (Wildman–Crippen MR) is 74.5 cm³/mol. The van der Waals surface area contributed by atoms with Gasteiger partial charge in [0, 0.05) is 29.9 Å². The Balaban J connectivity index is 2.19. The summed E-state index contributed by atoms with van der Waals surface area (Å²) in [6, 6.07) is 0.563. The highest BCUT2D eigenvalue weighted by molar-refractivity contribution is 8.00. The average Bonchev–Trinajstić information content (AvgIpc) is 2.40. The van der Waals surface area contributed by atoms with Crippen molar-refractivity contribution >= 4 is 11.8 Å². The van der Waals surface area contributed by atoms with E-state index >= 15 is 0 Å². The lowest BCUT2D eigenvalue weighted by Crippen LogP contribution is -2.66. The van der Waals surface area contributed by atoms with Gasteiger partial charge in [0.1, 0.15) is 0 Å². The molecule has 3 nitrogen and oxygen atoms in total. The van der Waals surface area contributed by atoms with Crippen LogP contribution in [0.1, 0.15) is 33.1 Å². The van der Waals surface area contributed by atoms with Crippen molar-refractivity contribution in [1.82, 2.24) is 4.90 Å². The first-order chi connectivity index (χ1) is 8.24. The third-order valence-electron chi connectivity index (χ3n) is 4.50. The third kappa shape index (κ3) is 2.50. The standard InChI is InChI=1S/C13H26N2OS/c1-3-12-9-16-7-6-15(12)13(10-14)5-4-8-17-11(13)2/h11-12H,3-10,14H2,1-2H3. The Kier molecular flexibility index (Phi) is 4.75. The lowest BCUT2D eigenvalue weighted by Gasteiger charge is -2.54. The van der Waals surface area contributed by atoms with Crippen molar-refractivity contribution in [3.63, 3.8) is 0 Å². The van der Waals surface area contributed by atoms with Gasteiger partial charge in [0.2, 0.25) is 0 Å². The normalized spacial score (nSPS) is 40.4. The van der Waals surface area contributed by atoms with Crippen molar-refractivity contribution in [1.29, 1.82) is 0 Å². The molecule has 2 saturated heterocycles. The van der Waals surface area contributed by atoms with Gasteiger partial charge in [0.05, 0.1) is 13.2 Å². The molecule has 0 aromatic rings. The molecular weight excluding hydrogens is 232 g/mol. The second kappa shape index (κ2) is 5.91. The fourth-order valence-electron chi connectivity index (χ4n) is 3.34. The molecule has 3 atom stereocenters. The summed E-state index contributed by atoms with van der Waals surface area (Å²) < 4.78 is 5.63. The maximum Gasteiger partial charge on any atom is 0.0622 e. The van der Waals surface area contributed by atoms with E-state index in [1.807, 2.05) is 0 Å². The zero-order chi connectivity index (χ0) is 12.3. The number of ether oxygens (including phenoxy) is 1. The highest BCUT2D eigenvalue weighted by Gasteiger charge is 2.45. The van der Waals surface area contributed by atoms with Gasteiger partial charge in [0.15, 0.2) is 0 Å². The van der Waals surface area contributed by atoms with Crippen molar-refractivity contribution in [2.45, 2.75) is 49.9 Å². The largest absolute Gasteiger partial charge is 0.378 e. The summed E-state index contributed by atoms with van der Waals surface area (Å²) in [5.74, 6) is 1.30.